The van der Waals surface area contributed by atoms with Crippen LogP contribution in [0.25, 0.3) is 0 Å². The molecule has 118 valence electrons. The van der Waals surface area contributed by atoms with Gasteiger partial charge in [-0.15, -0.1) is 0 Å². The molecule has 1 saturated carbocycles. The van der Waals surface area contributed by atoms with E-state index in [1.807, 2.05) is 19.1 Å². The van der Waals surface area contributed by atoms with Crippen molar-refractivity contribution in [1.82, 2.24) is 4.72 Å². The number of sulfonamides is 1. The second-order valence-electron chi connectivity index (χ2n) is 6.21. The van der Waals surface area contributed by atoms with Gasteiger partial charge in [0.05, 0.1) is 4.90 Å². The van der Waals surface area contributed by atoms with Crippen LogP contribution in [0.2, 0.25) is 0 Å². The second-order valence-corrected chi connectivity index (χ2v) is 8.06. The van der Waals surface area contributed by atoms with Crippen LogP contribution < -0.4 is 10.0 Å². The Labute approximate surface area is 128 Å². The van der Waals surface area contributed by atoms with Crippen LogP contribution in [0.3, 0.4) is 0 Å². The van der Waals surface area contributed by atoms with Gasteiger partial charge in [0.2, 0.25) is 10.0 Å². The topological polar surface area (TPSA) is 58.2 Å². The summed E-state index contributed by atoms with van der Waals surface area (Å²) in [5, 5.41) is 3.53. The highest BCUT2D eigenvalue weighted by Crippen LogP contribution is 2.32. The Morgan fingerprint density at radius 1 is 1.19 bits per heavy atom. The molecule has 1 fully saturated rings. The third-order valence-corrected chi connectivity index (χ3v) is 6.36. The van der Waals surface area contributed by atoms with Gasteiger partial charge in [-0.05, 0) is 49.9 Å². The van der Waals surface area contributed by atoms with E-state index in [-0.39, 0.29) is 0 Å². The summed E-state index contributed by atoms with van der Waals surface area (Å²) < 4.78 is 26.5. The maximum absolute atomic E-state index is 12.0. The van der Waals surface area contributed by atoms with Gasteiger partial charge in [0.25, 0.3) is 0 Å². The van der Waals surface area contributed by atoms with Crippen molar-refractivity contribution in [2.45, 2.75) is 51.0 Å². The molecule has 0 aliphatic heterocycles. The Morgan fingerprint density at radius 3 is 2.57 bits per heavy atom. The van der Waals surface area contributed by atoms with Crippen LogP contribution >= 0.6 is 0 Å². The molecule has 0 saturated heterocycles. The first-order chi connectivity index (χ1) is 9.85. The van der Waals surface area contributed by atoms with Gasteiger partial charge in [0.1, 0.15) is 0 Å². The number of benzene rings is 1. The second kappa shape index (κ2) is 6.36. The fourth-order valence-corrected chi connectivity index (χ4v) is 4.08. The van der Waals surface area contributed by atoms with Gasteiger partial charge < -0.3 is 5.32 Å². The number of aryl methyl sites for hydroxylation is 1. The van der Waals surface area contributed by atoms with Crippen molar-refractivity contribution in [1.29, 1.82) is 0 Å². The predicted molar refractivity (Wildman–Crippen MR) is 87.0 cm³/mol. The quantitative estimate of drug-likeness (QED) is 0.898. The smallest absolute Gasteiger partial charge is 0.240 e. The Morgan fingerprint density at radius 2 is 1.90 bits per heavy atom. The fraction of sp³-hybridized carbons (Fsp3) is 0.625. The minimum Gasteiger partial charge on any atom is -0.382 e. The molecular weight excluding hydrogens is 284 g/mol. The van der Waals surface area contributed by atoms with Crippen LogP contribution in [0.5, 0.6) is 0 Å². The Kier molecular flexibility index (Phi) is 4.94. The number of nitrogens with one attached hydrogen (secondary N) is 2. The molecule has 5 heteroatoms. The molecule has 0 radical (unpaired) electrons. The van der Waals surface area contributed by atoms with E-state index >= 15 is 0 Å². The third kappa shape index (κ3) is 3.58. The Bertz CT molecular complexity index is 598. The summed E-state index contributed by atoms with van der Waals surface area (Å²) in [4.78, 5) is 0.353. The first kappa shape index (κ1) is 16.3. The van der Waals surface area contributed by atoms with Crippen LogP contribution in [0, 0.1) is 18.8 Å². The largest absolute Gasteiger partial charge is 0.382 e. The zero-order valence-corrected chi connectivity index (χ0v) is 14.1. The van der Waals surface area contributed by atoms with Crippen LogP contribution in [-0.2, 0) is 10.0 Å². The van der Waals surface area contributed by atoms with Gasteiger partial charge in [-0.3, -0.25) is 0 Å². The maximum Gasteiger partial charge on any atom is 0.240 e. The summed E-state index contributed by atoms with van der Waals surface area (Å²) in [5.74, 6) is 1.31. The van der Waals surface area contributed by atoms with Crippen LogP contribution in [0.4, 0.5) is 5.69 Å². The first-order valence-electron chi connectivity index (χ1n) is 7.66. The highest BCUT2D eigenvalue weighted by atomic mass is 32.2. The summed E-state index contributed by atoms with van der Waals surface area (Å²) in [6.07, 6.45) is 3.66. The molecule has 21 heavy (non-hydrogen) atoms. The van der Waals surface area contributed by atoms with Crippen molar-refractivity contribution >= 4 is 15.7 Å². The summed E-state index contributed by atoms with van der Waals surface area (Å²) in [6.45, 7) is 6.39. The molecule has 1 aliphatic carbocycles. The van der Waals surface area contributed by atoms with Crippen LogP contribution in [0.15, 0.2) is 23.1 Å². The molecule has 0 heterocycles. The zero-order chi connectivity index (χ0) is 15.6. The van der Waals surface area contributed by atoms with Gasteiger partial charge in [0.15, 0.2) is 0 Å². The third-order valence-electron chi connectivity index (χ3n) is 4.81. The molecule has 4 nitrogen and oxygen atoms in total. The SMILES string of the molecule is CNS(=O)(=O)c1cc(NC2CCCC(C)C2C)ccc1C. The maximum atomic E-state index is 12.0. The Balaban J connectivity index is 2.24. The van der Waals surface area contributed by atoms with Crippen molar-refractivity contribution in [3.63, 3.8) is 0 Å². The van der Waals surface area contributed by atoms with E-state index < -0.39 is 10.0 Å². The number of anilines is 1. The molecular formula is C16H26N2O2S. The molecule has 1 aromatic rings. The van der Waals surface area contributed by atoms with E-state index in [1.54, 1.807) is 6.07 Å². The van der Waals surface area contributed by atoms with Gasteiger partial charge in [-0.25, -0.2) is 13.1 Å². The summed E-state index contributed by atoms with van der Waals surface area (Å²) in [6, 6.07) is 5.99. The zero-order valence-electron chi connectivity index (χ0n) is 13.3. The van der Waals surface area contributed by atoms with Crippen molar-refractivity contribution in [3.05, 3.63) is 23.8 Å². The highest BCUT2D eigenvalue weighted by molar-refractivity contribution is 7.89. The number of hydrogen-bond donors (Lipinski definition) is 2. The fourth-order valence-electron chi connectivity index (χ4n) is 3.09. The monoisotopic (exact) mass is 310 g/mol. The average Bonchev–Trinajstić information content (AvgIpc) is 2.45. The average molecular weight is 310 g/mol. The van der Waals surface area contributed by atoms with Crippen molar-refractivity contribution in [3.8, 4) is 0 Å². The van der Waals surface area contributed by atoms with Crippen molar-refractivity contribution in [2.75, 3.05) is 12.4 Å². The summed E-state index contributed by atoms with van der Waals surface area (Å²) >= 11 is 0. The minimum absolute atomic E-state index is 0.353. The molecule has 0 spiro atoms. The molecule has 3 unspecified atom stereocenters. The van der Waals surface area contributed by atoms with E-state index in [9.17, 15) is 8.42 Å². The molecule has 1 aromatic carbocycles. The van der Waals surface area contributed by atoms with Crippen molar-refractivity contribution < 1.29 is 8.42 Å². The summed E-state index contributed by atoms with van der Waals surface area (Å²) in [5.41, 5.74) is 1.65. The Hall–Kier alpha value is -1.07. The lowest BCUT2D eigenvalue weighted by Crippen LogP contribution is -2.35. The van der Waals surface area contributed by atoms with E-state index in [0.717, 1.165) is 17.7 Å². The van der Waals surface area contributed by atoms with Gasteiger partial charge >= 0.3 is 0 Å². The van der Waals surface area contributed by atoms with E-state index in [1.165, 1.54) is 19.9 Å². The molecule has 3 atom stereocenters. The number of rotatable bonds is 4. The highest BCUT2D eigenvalue weighted by Gasteiger charge is 2.27. The van der Waals surface area contributed by atoms with Gasteiger partial charge in [-0.1, -0.05) is 32.8 Å². The summed E-state index contributed by atoms with van der Waals surface area (Å²) in [7, 11) is -1.96. The molecule has 1 aliphatic rings. The van der Waals surface area contributed by atoms with Crippen LogP contribution in [-0.4, -0.2) is 21.5 Å². The van der Waals surface area contributed by atoms with Crippen LogP contribution in [0.1, 0.15) is 38.7 Å². The molecule has 2 rings (SSSR count). The standard InChI is InChI=1S/C16H26N2O2S/c1-11-6-5-7-15(13(11)3)18-14-9-8-12(2)16(10-14)21(19,20)17-4/h8-11,13,15,17-18H,5-7H2,1-4H3. The lowest BCUT2D eigenvalue weighted by Gasteiger charge is -2.35. The number of hydrogen-bond acceptors (Lipinski definition) is 3. The minimum atomic E-state index is -3.41. The van der Waals surface area contributed by atoms with Gasteiger partial charge in [-0.2, -0.15) is 0 Å². The lowest BCUT2D eigenvalue weighted by molar-refractivity contribution is 0.253. The van der Waals surface area contributed by atoms with Crippen molar-refractivity contribution in [2.24, 2.45) is 11.8 Å². The molecule has 2 N–H and O–H groups in total. The molecule has 0 aromatic heterocycles. The first-order valence-corrected chi connectivity index (χ1v) is 9.14. The molecule has 0 amide bonds. The predicted octanol–water partition coefficient (Wildman–Crippen LogP) is 3.14. The van der Waals surface area contributed by atoms with E-state index in [2.05, 4.69) is 23.9 Å². The van der Waals surface area contributed by atoms with Gasteiger partial charge in [0, 0.05) is 11.7 Å². The van der Waals surface area contributed by atoms with E-state index in [4.69, 9.17) is 0 Å². The molecule has 0 bridgehead atoms. The lowest BCUT2D eigenvalue weighted by atomic mass is 9.78. The normalized spacial score (nSPS) is 26.6. The van der Waals surface area contributed by atoms with E-state index in [0.29, 0.717) is 22.8 Å².